The van der Waals surface area contributed by atoms with Crippen LogP contribution in [0.1, 0.15) is 62.9 Å². The van der Waals surface area contributed by atoms with Crippen molar-refractivity contribution in [3.63, 3.8) is 0 Å². The number of nitrogens with one attached hydrogen (secondary N) is 3. The number of carbonyl (C=O) groups excluding carboxylic acids is 1. The fraction of sp³-hybridized carbons (Fsp3) is 0.552. The summed E-state index contributed by atoms with van der Waals surface area (Å²) in [5, 5.41) is 20.8. The Kier molecular flexibility index (Phi) is 10.9. The van der Waals surface area contributed by atoms with E-state index in [2.05, 4.69) is 36.7 Å². The van der Waals surface area contributed by atoms with Crippen LogP contribution in [0.15, 0.2) is 48.5 Å². The number of benzene rings is 2. The van der Waals surface area contributed by atoms with Gasteiger partial charge >= 0.3 is 0 Å². The first kappa shape index (κ1) is 30.2. The number of aliphatic hydroxyl groups excluding tert-OH is 1. The fourth-order valence-corrected chi connectivity index (χ4v) is 6.23. The van der Waals surface area contributed by atoms with Crippen molar-refractivity contribution >= 4 is 28.1 Å². The highest BCUT2D eigenvalue weighted by Gasteiger charge is 2.28. The van der Waals surface area contributed by atoms with E-state index in [1.165, 1.54) is 0 Å². The lowest BCUT2D eigenvalue weighted by Gasteiger charge is -2.47. The Hall–Kier alpha value is -2.30. The van der Waals surface area contributed by atoms with E-state index in [-0.39, 0.29) is 11.3 Å². The van der Waals surface area contributed by atoms with Crippen molar-refractivity contribution in [3.05, 3.63) is 59.7 Å². The summed E-state index contributed by atoms with van der Waals surface area (Å²) in [5.74, 6) is 0.0159. The first-order valence-electron chi connectivity index (χ1n) is 13.6. The second kappa shape index (κ2) is 13.7. The highest BCUT2D eigenvalue weighted by Crippen LogP contribution is 2.50. The zero-order valence-electron chi connectivity index (χ0n) is 23.2. The average Bonchev–Trinajstić information content (AvgIpc) is 2.86. The van der Waals surface area contributed by atoms with E-state index in [0.717, 1.165) is 37.1 Å². The molecule has 2 aromatic rings. The van der Waals surface area contributed by atoms with Gasteiger partial charge in [-0.15, -0.1) is 10.8 Å². The lowest BCUT2D eigenvalue weighted by molar-refractivity contribution is 0.0829. The second-order valence-electron chi connectivity index (χ2n) is 11.3. The van der Waals surface area contributed by atoms with Crippen LogP contribution >= 0.6 is 10.8 Å². The summed E-state index contributed by atoms with van der Waals surface area (Å²) < 4.78 is 23.0. The molecule has 2 atom stereocenters. The molecule has 1 amide bonds. The summed E-state index contributed by atoms with van der Waals surface area (Å²) >= 11 is 0. The Morgan fingerprint density at radius 1 is 1.11 bits per heavy atom. The quantitative estimate of drug-likeness (QED) is 0.205. The standard InChI is InChI=1S/C29H46N4O4S/c1-5-31-24-18-23(19-25(20-24)33-15-9-10-16-38(33,36)37)28(35)32-26(17-22-11-7-6-8-12-22)27(34)21-30-14-13-29(2,3)4/h6-8,11-12,18-20,26-27,30-31,34,36-37H,5,9-10,13-17,21H2,1-4H3,(H,32,35). The Labute approximate surface area is 229 Å². The first-order valence-corrected chi connectivity index (χ1v) is 15.3. The van der Waals surface area contributed by atoms with Crippen LogP contribution in [0.4, 0.5) is 11.4 Å². The molecule has 1 aliphatic heterocycles. The predicted molar refractivity (Wildman–Crippen MR) is 159 cm³/mol. The molecule has 0 bridgehead atoms. The average molecular weight is 547 g/mol. The monoisotopic (exact) mass is 546 g/mol. The molecule has 9 heteroatoms. The molecule has 1 aliphatic rings. The summed E-state index contributed by atoms with van der Waals surface area (Å²) in [6.45, 7) is 10.9. The molecule has 3 rings (SSSR count). The maximum absolute atomic E-state index is 13.6. The van der Waals surface area contributed by atoms with Crippen molar-refractivity contribution in [3.8, 4) is 0 Å². The van der Waals surface area contributed by atoms with Gasteiger partial charge in [0, 0.05) is 30.9 Å². The molecule has 6 N–H and O–H groups in total. The van der Waals surface area contributed by atoms with E-state index in [4.69, 9.17) is 0 Å². The van der Waals surface area contributed by atoms with Crippen LogP contribution in [0.25, 0.3) is 0 Å². The van der Waals surface area contributed by atoms with Gasteiger partial charge < -0.3 is 21.1 Å². The molecule has 0 aromatic heterocycles. The maximum Gasteiger partial charge on any atom is 0.251 e. The molecule has 8 nitrogen and oxygen atoms in total. The molecule has 38 heavy (non-hydrogen) atoms. The molecular formula is C29H46N4O4S. The second-order valence-corrected chi connectivity index (χ2v) is 13.4. The Morgan fingerprint density at radius 2 is 1.84 bits per heavy atom. The summed E-state index contributed by atoms with van der Waals surface area (Å²) in [4.78, 5) is 13.6. The van der Waals surface area contributed by atoms with Gasteiger partial charge in [0.05, 0.1) is 23.6 Å². The number of amides is 1. The summed E-state index contributed by atoms with van der Waals surface area (Å²) in [6.07, 6.45) is 2.30. The molecule has 0 aliphatic carbocycles. The van der Waals surface area contributed by atoms with Gasteiger partial charge in [0.1, 0.15) is 0 Å². The SMILES string of the molecule is CCNc1cc(C(=O)NC(Cc2ccccc2)C(O)CNCCC(C)(C)C)cc(N2CCCCS2(O)O)c1. The van der Waals surface area contributed by atoms with Crippen molar-refractivity contribution in [1.29, 1.82) is 0 Å². The molecular weight excluding hydrogens is 500 g/mol. The van der Waals surface area contributed by atoms with Crippen LogP contribution in [0, 0.1) is 5.41 Å². The third-order valence-corrected chi connectivity index (χ3v) is 8.65. The molecule has 212 valence electrons. The summed E-state index contributed by atoms with van der Waals surface area (Å²) in [6, 6.07) is 14.7. The number of carbonyl (C=O) groups is 1. The van der Waals surface area contributed by atoms with E-state index < -0.39 is 22.9 Å². The highest BCUT2D eigenvalue weighted by atomic mass is 32.3. The van der Waals surface area contributed by atoms with E-state index in [9.17, 15) is 19.0 Å². The Balaban J connectivity index is 1.81. The van der Waals surface area contributed by atoms with Crippen LogP contribution in [0.2, 0.25) is 0 Å². The number of hydrogen-bond donors (Lipinski definition) is 6. The largest absolute Gasteiger partial charge is 0.390 e. The third kappa shape index (κ3) is 9.17. The van der Waals surface area contributed by atoms with Crippen LogP contribution in [-0.2, 0) is 6.42 Å². The molecule has 0 radical (unpaired) electrons. The molecule has 1 heterocycles. The van der Waals surface area contributed by atoms with E-state index in [1.54, 1.807) is 16.4 Å². The van der Waals surface area contributed by atoms with Crippen molar-refractivity contribution < 1.29 is 19.0 Å². The number of hydrogen-bond acceptors (Lipinski definition) is 7. The van der Waals surface area contributed by atoms with Crippen LogP contribution in [-0.4, -0.2) is 64.2 Å². The predicted octanol–water partition coefficient (Wildman–Crippen LogP) is 5.11. The first-order chi connectivity index (χ1) is 18.0. The highest BCUT2D eigenvalue weighted by molar-refractivity contribution is 8.25. The molecule has 2 aromatic carbocycles. The van der Waals surface area contributed by atoms with Gasteiger partial charge in [0.15, 0.2) is 0 Å². The van der Waals surface area contributed by atoms with Gasteiger partial charge in [0.25, 0.3) is 5.91 Å². The van der Waals surface area contributed by atoms with Gasteiger partial charge in [-0.1, -0.05) is 51.1 Å². The lowest BCUT2D eigenvalue weighted by Crippen LogP contribution is -2.49. The molecule has 1 saturated heterocycles. The lowest BCUT2D eigenvalue weighted by atomic mass is 9.92. The zero-order valence-corrected chi connectivity index (χ0v) is 24.1. The normalized spacial score (nSPS) is 17.9. The minimum absolute atomic E-state index is 0.196. The number of rotatable bonds is 12. The Bertz CT molecular complexity index is 1030. The van der Waals surface area contributed by atoms with Gasteiger partial charge in [0.2, 0.25) is 0 Å². The van der Waals surface area contributed by atoms with E-state index in [0.29, 0.717) is 43.1 Å². The zero-order chi connectivity index (χ0) is 27.8. The summed E-state index contributed by atoms with van der Waals surface area (Å²) in [5.41, 5.74) is 2.97. The van der Waals surface area contributed by atoms with Crippen molar-refractivity contribution in [2.45, 2.75) is 65.5 Å². The number of nitrogens with zero attached hydrogens (tertiary/aromatic N) is 1. The van der Waals surface area contributed by atoms with E-state index in [1.807, 2.05) is 43.3 Å². The molecule has 2 unspecified atom stereocenters. The van der Waals surface area contributed by atoms with Crippen molar-refractivity contribution in [1.82, 2.24) is 10.6 Å². The van der Waals surface area contributed by atoms with Crippen molar-refractivity contribution in [2.75, 3.05) is 41.6 Å². The Morgan fingerprint density at radius 3 is 2.50 bits per heavy atom. The van der Waals surface area contributed by atoms with Crippen LogP contribution in [0.3, 0.4) is 0 Å². The fourth-order valence-electron chi connectivity index (χ4n) is 4.56. The topological polar surface area (TPSA) is 117 Å². The number of aliphatic hydroxyl groups is 1. The van der Waals surface area contributed by atoms with Gasteiger partial charge in [-0.3, -0.25) is 18.2 Å². The molecule has 0 saturated carbocycles. The van der Waals surface area contributed by atoms with E-state index >= 15 is 0 Å². The minimum Gasteiger partial charge on any atom is -0.390 e. The molecule has 1 fully saturated rings. The van der Waals surface area contributed by atoms with Gasteiger partial charge in [-0.05, 0) is 68.3 Å². The van der Waals surface area contributed by atoms with Crippen molar-refractivity contribution in [2.24, 2.45) is 5.41 Å². The smallest absolute Gasteiger partial charge is 0.251 e. The van der Waals surface area contributed by atoms with Gasteiger partial charge in [-0.2, -0.15) is 0 Å². The molecule has 0 spiro atoms. The van der Waals surface area contributed by atoms with Gasteiger partial charge in [-0.25, -0.2) is 0 Å². The minimum atomic E-state index is -2.93. The third-order valence-electron chi connectivity index (χ3n) is 6.72. The maximum atomic E-state index is 13.6. The number of anilines is 2. The van der Waals surface area contributed by atoms with Crippen LogP contribution in [0.5, 0.6) is 0 Å². The van der Waals surface area contributed by atoms with Crippen LogP contribution < -0.4 is 20.3 Å². The summed E-state index contributed by atoms with van der Waals surface area (Å²) in [7, 11) is -2.93.